The van der Waals surface area contributed by atoms with Crippen molar-refractivity contribution in [2.24, 2.45) is 5.92 Å². The van der Waals surface area contributed by atoms with Crippen LogP contribution in [0.2, 0.25) is 0 Å². The number of carbonyl (C=O) groups excluding carboxylic acids is 2. The molecule has 0 radical (unpaired) electrons. The van der Waals surface area contributed by atoms with Crippen LogP contribution in [-0.4, -0.2) is 53.4 Å². The van der Waals surface area contributed by atoms with Crippen molar-refractivity contribution < 1.29 is 14.3 Å². The molecule has 3 aliphatic rings. The quantitative estimate of drug-likeness (QED) is 0.848. The number of hydrogen-bond donors (Lipinski definition) is 0. The molecule has 3 fully saturated rings. The minimum Gasteiger partial charge on any atom is -0.486 e. The van der Waals surface area contributed by atoms with Crippen molar-refractivity contribution in [3.05, 3.63) is 29.8 Å². The molecule has 122 valence electrons. The number of aryl methyl sites for hydroxylation is 1. The number of likely N-dealkylation sites (tertiary alicyclic amines) is 2. The molecule has 2 aliphatic heterocycles. The van der Waals surface area contributed by atoms with Gasteiger partial charge in [0.25, 0.3) is 0 Å². The lowest BCUT2D eigenvalue weighted by Crippen LogP contribution is -2.57. The molecule has 0 bridgehead atoms. The molecule has 1 aromatic carbocycles. The average molecular weight is 314 g/mol. The predicted molar refractivity (Wildman–Crippen MR) is 85.0 cm³/mol. The molecule has 23 heavy (non-hydrogen) atoms. The highest BCUT2D eigenvalue weighted by Crippen LogP contribution is 2.34. The van der Waals surface area contributed by atoms with E-state index in [4.69, 9.17) is 4.74 Å². The Hall–Kier alpha value is -2.04. The molecule has 0 aromatic heterocycles. The standard InChI is InChI=1S/C18H22N2O3/c1-12-4-2-3-5-16(12)23-15-10-19(11-15)18(22)13-8-17(21)20(9-13)14-6-7-14/h2-5,13-15H,6-11H2,1H3. The van der Waals surface area contributed by atoms with Gasteiger partial charge in [0, 0.05) is 19.0 Å². The van der Waals surface area contributed by atoms with Crippen molar-refractivity contribution >= 4 is 11.8 Å². The third-order valence-corrected chi connectivity index (χ3v) is 5.04. The van der Waals surface area contributed by atoms with Crippen molar-refractivity contribution in [1.29, 1.82) is 0 Å². The number of rotatable bonds is 4. The highest BCUT2D eigenvalue weighted by atomic mass is 16.5. The molecule has 2 saturated heterocycles. The van der Waals surface area contributed by atoms with Crippen LogP contribution >= 0.6 is 0 Å². The minimum absolute atomic E-state index is 0.0664. The van der Waals surface area contributed by atoms with Gasteiger partial charge >= 0.3 is 0 Å². The monoisotopic (exact) mass is 314 g/mol. The van der Waals surface area contributed by atoms with Gasteiger partial charge < -0.3 is 14.5 Å². The first kappa shape index (κ1) is 14.5. The lowest BCUT2D eigenvalue weighted by molar-refractivity contribution is -0.144. The van der Waals surface area contributed by atoms with Crippen molar-refractivity contribution in [2.45, 2.75) is 38.3 Å². The summed E-state index contributed by atoms with van der Waals surface area (Å²) in [6.07, 6.45) is 2.65. The van der Waals surface area contributed by atoms with Gasteiger partial charge in [0.15, 0.2) is 0 Å². The van der Waals surface area contributed by atoms with E-state index in [9.17, 15) is 9.59 Å². The zero-order valence-corrected chi connectivity index (χ0v) is 13.4. The molecule has 1 unspecified atom stereocenters. The van der Waals surface area contributed by atoms with Crippen molar-refractivity contribution in [1.82, 2.24) is 9.80 Å². The highest BCUT2D eigenvalue weighted by molar-refractivity contribution is 5.90. The van der Waals surface area contributed by atoms with Crippen molar-refractivity contribution in [3.8, 4) is 5.75 Å². The van der Waals surface area contributed by atoms with E-state index >= 15 is 0 Å². The van der Waals surface area contributed by atoms with Gasteiger partial charge in [-0.05, 0) is 31.4 Å². The lowest BCUT2D eigenvalue weighted by atomic mass is 10.0. The van der Waals surface area contributed by atoms with Gasteiger partial charge in [-0.3, -0.25) is 9.59 Å². The summed E-state index contributed by atoms with van der Waals surface area (Å²) in [5.41, 5.74) is 1.11. The maximum absolute atomic E-state index is 12.5. The normalized spacial score (nSPS) is 24.7. The first-order valence-corrected chi connectivity index (χ1v) is 8.42. The Bertz CT molecular complexity index is 635. The fourth-order valence-corrected chi connectivity index (χ4v) is 3.46. The van der Waals surface area contributed by atoms with Gasteiger partial charge in [0.2, 0.25) is 11.8 Å². The van der Waals surface area contributed by atoms with E-state index in [1.54, 1.807) is 0 Å². The molecule has 1 aliphatic carbocycles. The Labute approximate surface area is 136 Å². The van der Waals surface area contributed by atoms with Crippen LogP contribution in [0.15, 0.2) is 24.3 Å². The average Bonchev–Trinajstić information content (AvgIpc) is 3.26. The van der Waals surface area contributed by atoms with Crippen LogP contribution < -0.4 is 4.74 Å². The Kier molecular flexibility index (Phi) is 3.51. The van der Waals surface area contributed by atoms with Gasteiger partial charge in [-0.15, -0.1) is 0 Å². The molecule has 1 aromatic rings. The molecular weight excluding hydrogens is 292 g/mol. The molecule has 2 amide bonds. The second-order valence-electron chi connectivity index (χ2n) is 6.93. The maximum Gasteiger partial charge on any atom is 0.228 e. The Balaban J connectivity index is 1.29. The fourth-order valence-electron chi connectivity index (χ4n) is 3.46. The molecule has 0 N–H and O–H groups in total. The van der Waals surface area contributed by atoms with Gasteiger partial charge in [0.1, 0.15) is 11.9 Å². The third-order valence-electron chi connectivity index (χ3n) is 5.04. The number of hydrogen-bond acceptors (Lipinski definition) is 3. The molecule has 0 spiro atoms. The summed E-state index contributed by atoms with van der Waals surface area (Å²) in [4.78, 5) is 28.2. The van der Waals surface area contributed by atoms with E-state index in [-0.39, 0.29) is 23.8 Å². The summed E-state index contributed by atoms with van der Waals surface area (Å²) < 4.78 is 5.94. The summed E-state index contributed by atoms with van der Waals surface area (Å²) in [5, 5.41) is 0. The summed E-state index contributed by atoms with van der Waals surface area (Å²) in [6, 6.07) is 8.34. The van der Waals surface area contributed by atoms with Crippen LogP contribution in [0.3, 0.4) is 0 Å². The number of ether oxygens (including phenoxy) is 1. The number of para-hydroxylation sites is 1. The van der Waals surface area contributed by atoms with E-state index in [0.717, 1.165) is 24.2 Å². The second-order valence-corrected chi connectivity index (χ2v) is 6.93. The number of benzene rings is 1. The third kappa shape index (κ3) is 2.80. The SMILES string of the molecule is Cc1ccccc1OC1CN(C(=O)C2CC(=O)N(C3CC3)C2)C1. The summed E-state index contributed by atoms with van der Waals surface area (Å²) in [7, 11) is 0. The Morgan fingerprint density at radius 3 is 2.61 bits per heavy atom. The van der Waals surface area contributed by atoms with Crippen molar-refractivity contribution in [3.63, 3.8) is 0 Å². The minimum atomic E-state index is -0.150. The second kappa shape index (κ2) is 5.55. The van der Waals surface area contributed by atoms with Gasteiger partial charge in [0.05, 0.1) is 19.0 Å². The molecule has 2 heterocycles. The van der Waals surface area contributed by atoms with Crippen molar-refractivity contribution in [2.75, 3.05) is 19.6 Å². The van der Waals surface area contributed by atoms with Crippen LogP contribution in [-0.2, 0) is 9.59 Å². The summed E-state index contributed by atoms with van der Waals surface area (Å²) >= 11 is 0. The molecule has 5 nitrogen and oxygen atoms in total. The van der Waals surface area contributed by atoms with Crippen LogP contribution in [0.25, 0.3) is 0 Å². The molecule has 1 saturated carbocycles. The first-order chi connectivity index (χ1) is 11.1. The van der Waals surface area contributed by atoms with E-state index in [2.05, 4.69) is 0 Å². The Morgan fingerprint density at radius 2 is 1.91 bits per heavy atom. The molecule has 5 heteroatoms. The maximum atomic E-state index is 12.5. The first-order valence-electron chi connectivity index (χ1n) is 8.42. The fraction of sp³-hybridized carbons (Fsp3) is 0.556. The van der Waals surface area contributed by atoms with Crippen LogP contribution in [0, 0.1) is 12.8 Å². The number of nitrogens with zero attached hydrogens (tertiary/aromatic N) is 2. The van der Waals surface area contributed by atoms with E-state index in [1.165, 1.54) is 0 Å². The smallest absolute Gasteiger partial charge is 0.228 e. The molecule has 4 rings (SSSR count). The van der Waals surface area contributed by atoms with Crippen LogP contribution in [0.5, 0.6) is 5.75 Å². The number of amides is 2. The van der Waals surface area contributed by atoms with E-state index in [1.807, 2.05) is 41.0 Å². The zero-order chi connectivity index (χ0) is 16.0. The highest BCUT2D eigenvalue weighted by Gasteiger charge is 2.44. The Morgan fingerprint density at radius 1 is 1.17 bits per heavy atom. The van der Waals surface area contributed by atoms with Gasteiger partial charge in [-0.2, -0.15) is 0 Å². The van der Waals surface area contributed by atoms with Crippen LogP contribution in [0.1, 0.15) is 24.8 Å². The predicted octanol–water partition coefficient (Wildman–Crippen LogP) is 1.60. The van der Waals surface area contributed by atoms with E-state index < -0.39 is 0 Å². The topological polar surface area (TPSA) is 49.9 Å². The molecule has 1 atom stereocenters. The van der Waals surface area contributed by atoms with Crippen LogP contribution in [0.4, 0.5) is 0 Å². The zero-order valence-electron chi connectivity index (χ0n) is 13.4. The summed E-state index contributed by atoms with van der Waals surface area (Å²) in [6.45, 7) is 3.89. The lowest BCUT2D eigenvalue weighted by Gasteiger charge is -2.40. The van der Waals surface area contributed by atoms with Gasteiger partial charge in [-0.25, -0.2) is 0 Å². The summed E-state index contributed by atoms with van der Waals surface area (Å²) in [5.74, 6) is 1.01. The number of carbonyl (C=O) groups is 2. The van der Waals surface area contributed by atoms with E-state index in [0.29, 0.717) is 32.1 Å². The molecular formula is C18H22N2O3. The largest absolute Gasteiger partial charge is 0.486 e. The van der Waals surface area contributed by atoms with Gasteiger partial charge in [-0.1, -0.05) is 18.2 Å².